The van der Waals surface area contributed by atoms with Gasteiger partial charge in [-0.2, -0.15) is 0 Å². The monoisotopic (exact) mass is 635 g/mol. The largest absolute Gasteiger partial charge is 0.379 e. The number of aliphatic hydroxyl groups excluding tert-OH is 4. The molecule has 0 aromatic rings. The molecule has 7 atom stereocenters. The molecule has 0 heterocycles. The van der Waals surface area contributed by atoms with E-state index in [9.17, 15) is 25.2 Å². The highest BCUT2D eigenvalue weighted by Gasteiger charge is 2.28. The quantitative estimate of drug-likeness (QED) is 0.0261. The van der Waals surface area contributed by atoms with E-state index >= 15 is 0 Å². The van der Waals surface area contributed by atoms with Gasteiger partial charge in [-0.3, -0.25) is 16.0 Å². The van der Waals surface area contributed by atoms with E-state index in [1.54, 1.807) is 0 Å². The Labute approximate surface area is 264 Å². The predicted molar refractivity (Wildman–Crippen MR) is 171 cm³/mol. The zero-order valence-electron chi connectivity index (χ0n) is 27.3. The summed E-state index contributed by atoms with van der Waals surface area (Å²) in [7, 11) is 0. The molecule has 1 fully saturated rings. The Balaban J connectivity index is 2.09. The molecule has 0 spiro atoms. The summed E-state index contributed by atoms with van der Waals surface area (Å²) in [6.07, 6.45) is 3.78. The number of nitrogens with two attached hydrogens (primary N) is 2. The summed E-state index contributed by atoms with van der Waals surface area (Å²) < 4.78 is 11.0. The minimum atomic E-state index is -0.942. The highest BCUT2D eigenvalue weighted by molar-refractivity contribution is 5.57. The first-order valence-corrected chi connectivity index (χ1v) is 16.6. The average Bonchev–Trinajstić information content (AvgIpc) is 2.99. The lowest BCUT2D eigenvalue weighted by Gasteiger charge is -2.34. The summed E-state index contributed by atoms with van der Waals surface area (Å²) >= 11 is 0. The number of aldehydes is 1. The van der Waals surface area contributed by atoms with E-state index < -0.39 is 31.0 Å². The third-order valence-corrected chi connectivity index (χ3v) is 8.03. The zero-order chi connectivity index (χ0) is 32.7. The van der Waals surface area contributed by atoms with Crippen LogP contribution in [0.4, 0.5) is 0 Å². The maximum atomic E-state index is 11.6. The fourth-order valence-electron chi connectivity index (χ4n) is 5.26. The maximum absolute atomic E-state index is 11.6. The molecule has 13 N–H and O–H groups in total. The van der Waals surface area contributed by atoms with Crippen molar-refractivity contribution < 1.29 is 34.7 Å². The first-order valence-electron chi connectivity index (χ1n) is 16.6. The van der Waals surface area contributed by atoms with E-state index in [0.29, 0.717) is 90.2 Å². The van der Waals surface area contributed by atoms with Crippen LogP contribution in [0, 0.1) is 11.8 Å². The average molecular weight is 636 g/mol. The van der Waals surface area contributed by atoms with Crippen LogP contribution in [0.15, 0.2) is 0 Å². The molecular weight excluding hydrogens is 570 g/mol. The van der Waals surface area contributed by atoms with Crippen LogP contribution in [0.25, 0.3) is 0 Å². The predicted octanol–water partition coefficient (Wildman–Crippen LogP) is -1.74. The number of hydrogen-bond donors (Lipinski definition) is 11. The maximum Gasteiger partial charge on any atom is 0.136 e. The van der Waals surface area contributed by atoms with Crippen molar-refractivity contribution in [2.75, 3.05) is 52.6 Å². The van der Waals surface area contributed by atoms with Crippen molar-refractivity contribution in [3.05, 3.63) is 0 Å². The first kappa shape index (κ1) is 41.2. The highest BCUT2D eigenvalue weighted by atomic mass is 16.5. The lowest BCUT2D eigenvalue weighted by atomic mass is 9.84. The molecule has 0 aromatic heterocycles. The van der Waals surface area contributed by atoms with Crippen LogP contribution in [-0.2, 0) is 14.3 Å². The Morgan fingerprint density at radius 3 is 2.02 bits per heavy atom. The van der Waals surface area contributed by atoms with Crippen molar-refractivity contribution in [3.63, 3.8) is 0 Å². The number of rotatable bonds is 28. The van der Waals surface area contributed by atoms with Gasteiger partial charge in [0.1, 0.15) is 31.2 Å². The van der Waals surface area contributed by atoms with Gasteiger partial charge in [-0.1, -0.05) is 13.8 Å². The molecule has 1 aliphatic rings. The Morgan fingerprint density at radius 1 is 0.864 bits per heavy atom. The van der Waals surface area contributed by atoms with Crippen molar-refractivity contribution in [1.82, 2.24) is 26.6 Å². The van der Waals surface area contributed by atoms with E-state index in [-0.39, 0.29) is 18.0 Å². The minimum absolute atomic E-state index is 0.00325. The number of ether oxygens (including phenoxy) is 2. The number of nitrogens with one attached hydrogen (secondary N) is 5. The standard InChI is InChI=1S/C30H65N7O7/c1-21(2)17-28(40)34-12-14-44-16-15-43-13-11-33-27(39)6-4-5-25(20-38)37-30(42)23-7-9-24(10-8-23)35-19-26(18-31)36-22(3)29(32)41/h20-30,33-37,39-42H,4-19,31-32H2,1-3H3/t22-,23-,24+,25?,26?,27-,28?,29?,30+/m1/s1. The lowest BCUT2D eigenvalue weighted by Crippen LogP contribution is -2.54. The molecule has 0 amide bonds. The molecular formula is C30H65N7O7. The topological polar surface area (TPSA) is 229 Å². The summed E-state index contributed by atoms with van der Waals surface area (Å²) in [5.74, 6) is 0.506. The third kappa shape index (κ3) is 20.3. The van der Waals surface area contributed by atoms with Gasteiger partial charge in [0.25, 0.3) is 0 Å². The SMILES string of the molecule is CC(C)CC(O)NCCOCCOCCN[C@H](O)CCCC(C=O)N[C@@H](O)[C@H]1CC[C@@H](NCC(CN)N[C@H](C)C(N)O)CC1. The highest BCUT2D eigenvalue weighted by Crippen LogP contribution is 2.26. The second kappa shape index (κ2) is 25.3. The van der Waals surface area contributed by atoms with Crippen LogP contribution >= 0.6 is 0 Å². The molecule has 1 aliphatic carbocycles. The van der Waals surface area contributed by atoms with Crippen molar-refractivity contribution in [1.29, 1.82) is 0 Å². The number of carbonyl (C=O) groups excluding carboxylic acids is 1. The molecule has 4 unspecified atom stereocenters. The Bertz CT molecular complexity index is 690. The van der Waals surface area contributed by atoms with E-state index in [1.807, 2.05) is 6.92 Å². The number of hydrogen-bond acceptors (Lipinski definition) is 14. The fourth-order valence-corrected chi connectivity index (χ4v) is 5.26. The number of aliphatic hydroxyl groups is 4. The summed E-state index contributed by atoms with van der Waals surface area (Å²) in [5.41, 5.74) is 11.4. The van der Waals surface area contributed by atoms with E-state index in [0.717, 1.165) is 32.0 Å². The van der Waals surface area contributed by atoms with Gasteiger partial charge >= 0.3 is 0 Å². The Kier molecular flexibility index (Phi) is 23.6. The van der Waals surface area contributed by atoms with Gasteiger partial charge in [-0.25, -0.2) is 0 Å². The Morgan fingerprint density at radius 2 is 1.48 bits per heavy atom. The van der Waals surface area contributed by atoms with Crippen LogP contribution in [0.2, 0.25) is 0 Å². The van der Waals surface area contributed by atoms with Crippen molar-refractivity contribution >= 4 is 6.29 Å². The van der Waals surface area contributed by atoms with Gasteiger partial charge in [-0.05, 0) is 70.1 Å². The normalized spacial score (nSPS) is 22.3. The van der Waals surface area contributed by atoms with Gasteiger partial charge in [0.2, 0.25) is 0 Å². The second-order valence-corrected chi connectivity index (χ2v) is 12.5. The van der Waals surface area contributed by atoms with Crippen molar-refractivity contribution in [2.24, 2.45) is 23.3 Å². The molecule has 262 valence electrons. The van der Waals surface area contributed by atoms with Crippen LogP contribution < -0.4 is 38.1 Å². The summed E-state index contributed by atoms with van der Waals surface area (Å²) in [4.78, 5) is 11.6. The summed E-state index contributed by atoms with van der Waals surface area (Å²) in [5, 5.41) is 56.0. The smallest absolute Gasteiger partial charge is 0.136 e. The first-order chi connectivity index (χ1) is 21.0. The van der Waals surface area contributed by atoms with Crippen LogP contribution in [0.5, 0.6) is 0 Å². The molecule has 0 bridgehead atoms. The van der Waals surface area contributed by atoms with Gasteiger partial charge in [0, 0.05) is 44.3 Å². The molecule has 0 radical (unpaired) electrons. The van der Waals surface area contributed by atoms with E-state index in [1.165, 1.54) is 0 Å². The molecule has 0 saturated heterocycles. The Hall–Kier alpha value is -0.850. The van der Waals surface area contributed by atoms with Gasteiger partial charge in [-0.15, -0.1) is 0 Å². The van der Waals surface area contributed by atoms with Crippen LogP contribution in [-0.4, -0.2) is 128 Å². The molecule has 1 saturated carbocycles. The molecule has 14 heteroatoms. The van der Waals surface area contributed by atoms with Crippen LogP contribution in [0.3, 0.4) is 0 Å². The van der Waals surface area contributed by atoms with E-state index in [4.69, 9.17) is 20.9 Å². The molecule has 44 heavy (non-hydrogen) atoms. The van der Waals surface area contributed by atoms with Crippen molar-refractivity contribution in [3.8, 4) is 0 Å². The molecule has 1 rings (SSSR count). The lowest BCUT2D eigenvalue weighted by molar-refractivity contribution is -0.111. The van der Waals surface area contributed by atoms with E-state index in [2.05, 4.69) is 40.4 Å². The third-order valence-electron chi connectivity index (χ3n) is 8.03. The van der Waals surface area contributed by atoms with Gasteiger partial charge < -0.3 is 56.8 Å². The molecule has 14 nitrogen and oxygen atoms in total. The second-order valence-electron chi connectivity index (χ2n) is 12.5. The zero-order valence-corrected chi connectivity index (χ0v) is 27.3. The minimum Gasteiger partial charge on any atom is -0.379 e. The van der Waals surface area contributed by atoms with Gasteiger partial charge in [0.15, 0.2) is 0 Å². The van der Waals surface area contributed by atoms with Gasteiger partial charge in [0.05, 0.1) is 32.5 Å². The van der Waals surface area contributed by atoms with Crippen LogP contribution in [0.1, 0.15) is 72.1 Å². The summed E-state index contributed by atoms with van der Waals surface area (Å²) in [6, 6.07) is -0.395. The number of carbonyl (C=O) groups is 1. The molecule has 0 aliphatic heterocycles. The summed E-state index contributed by atoms with van der Waals surface area (Å²) in [6.45, 7) is 9.97. The van der Waals surface area contributed by atoms with Crippen molar-refractivity contribution in [2.45, 2.75) is 121 Å². The fraction of sp³-hybridized carbons (Fsp3) is 0.967. The molecule has 0 aromatic carbocycles.